The number of nitrogens with zero attached hydrogens (tertiary/aromatic N) is 3. The van der Waals surface area contributed by atoms with E-state index < -0.39 is 6.09 Å². The van der Waals surface area contributed by atoms with Gasteiger partial charge >= 0.3 is 6.09 Å². The minimum atomic E-state index is -0.592. The molecule has 0 fully saturated rings. The molecular weight excluding hydrogens is 366 g/mol. The fourth-order valence-corrected chi connectivity index (χ4v) is 2.65. The molecule has 2 N–H and O–H groups in total. The summed E-state index contributed by atoms with van der Waals surface area (Å²) in [7, 11) is 1.78. The van der Waals surface area contributed by atoms with Gasteiger partial charge in [0.2, 0.25) is 0 Å². The molecule has 0 atom stereocenters. The van der Waals surface area contributed by atoms with Crippen LogP contribution in [0.2, 0.25) is 5.02 Å². The first-order chi connectivity index (χ1) is 12.0. The second-order valence-electron chi connectivity index (χ2n) is 4.95. The number of hydrogen-bond donors (Lipinski definition) is 2. The van der Waals surface area contributed by atoms with Crippen LogP contribution in [0.4, 0.5) is 10.6 Å². The Balaban J connectivity index is 1.89. The van der Waals surface area contributed by atoms with Crippen LogP contribution >= 0.6 is 23.8 Å². The molecule has 25 heavy (non-hydrogen) atoms. The highest BCUT2D eigenvalue weighted by Gasteiger charge is 2.14. The van der Waals surface area contributed by atoms with Gasteiger partial charge in [0.05, 0.1) is 12.8 Å². The molecule has 1 amide bonds. The van der Waals surface area contributed by atoms with Gasteiger partial charge in [-0.1, -0.05) is 11.6 Å². The van der Waals surface area contributed by atoms with Gasteiger partial charge in [0.25, 0.3) is 0 Å². The lowest BCUT2D eigenvalue weighted by Crippen LogP contribution is -2.14. The summed E-state index contributed by atoms with van der Waals surface area (Å²) in [5.74, 6) is 1.08. The number of anilines is 1. The minimum absolute atomic E-state index is 0.266. The maximum Gasteiger partial charge on any atom is 0.412 e. The first-order valence-electron chi connectivity index (χ1n) is 7.30. The van der Waals surface area contributed by atoms with E-state index in [-0.39, 0.29) is 6.61 Å². The molecule has 130 valence electrons. The number of imidazole rings is 1. The first kappa shape index (κ1) is 17.2. The van der Waals surface area contributed by atoms with E-state index in [1.165, 1.54) is 12.4 Å². The highest BCUT2D eigenvalue weighted by Crippen LogP contribution is 2.34. The number of hydrogen-bond acceptors (Lipinski definition) is 6. The van der Waals surface area contributed by atoms with E-state index in [9.17, 15) is 4.79 Å². The van der Waals surface area contributed by atoms with Crippen LogP contribution in [0.3, 0.4) is 0 Å². The molecule has 0 spiro atoms. The van der Waals surface area contributed by atoms with E-state index in [0.29, 0.717) is 38.3 Å². The Morgan fingerprint density at radius 3 is 3.04 bits per heavy atom. The number of aromatic amines is 1. The predicted molar refractivity (Wildman–Crippen MR) is 95.9 cm³/mol. The van der Waals surface area contributed by atoms with Gasteiger partial charge < -0.3 is 19.0 Å². The number of ether oxygens (including phenoxy) is 2. The van der Waals surface area contributed by atoms with Crippen LogP contribution in [0.15, 0.2) is 24.5 Å². The molecule has 0 aromatic carbocycles. The van der Waals surface area contributed by atoms with Crippen LogP contribution in [0, 0.1) is 4.77 Å². The number of fused-ring (bicyclic) bond motifs is 1. The van der Waals surface area contributed by atoms with Crippen molar-refractivity contribution < 1.29 is 14.3 Å². The van der Waals surface area contributed by atoms with E-state index >= 15 is 0 Å². The van der Waals surface area contributed by atoms with Crippen LogP contribution in [0.25, 0.3) is 11.2 Å². The fraction of sp³-hybridized carbons (Fsp3) is 0.200. The monoisotopic (exact) mass is 379 g/mol. The van der Waals surface area contributed by atoms with Crippen molar-refractivity contribution in [1.29, 1.82) is 0 Å². The Hall–Kier alpha value is -2.65. The number of aromatic nitrogens is 4. The Labute approximate surface area is 152 Å². The zero-order valence-electron chi connectivity index (χ0n) is 13.4. The predicted octanol–water partition coefficient (Wildman–Crippen LogP) is 4.04. The molecule has 3 aromatic heterocycles. The summed E-state index contributed by atoms with van der Waals surface area (Å²) in [4.78, 5) is 22.7. The largest absolute Gasteiger partial charge is 0.454 e. The molecule has 0 unspecified atom stereocenters. The number of halogens is 1. The fourth-order valence-electron chi connectivity index (χ4n) is 2.16. The lowest BCUT2D eigenvalue weighted by molar-refractivity contribution is 0.168. The molecule has 3 aromatic rings. The highest BCUT2D eigenvalue weighted by atomic mass is 35.5. The standard InChI is InChI=1S/C15H14ClN5O3S/c1-3-23-15(22)19-10-6-8(4-5-17-10)24-9-7-18-13-12(11(9)16)21(2)14(25)20-13/h4-7H,3H2,1-2H3,(H,17,19,22)(H,18,20,25). The molecule has 10 heteroatoms. The lowest BCUT2D eigenvalue weighted by atomic mass is 10.4. The summed E-state index contributed by atoms with van der Waals surface area (Å²) >= 11 is 11.6. The van der Waals surface area contributed by atoms with Gasteiger partial charge in [-0.15, -0.1) is 0 Å². The molecule has 0 saturated carbocycles. The van der Waals surface area contributed by atoms with Crippen LogP contribution in [-0.2, 0) is 11.8 Å². The van der Waals surface area contributed by atoms with E-state index in [1.807, 2.05) is 0 Å². The summed E-state index contributed by atoms with van der Waals surface area (Å²) in [6.07, 6.45) is 2.40. The molecule has 0 radical (unpaired) electrons. The summed E-state index contributed by atoms with van der Waals surface area (Å²) in [5.41, 5.74) is 1.22. The van der Waals surface area contributed by atoms with Crippen molar-refractivity contribution in [3.05, 3.63) is 34.3 Å². The quantitative estimate of drug-likeness (QED) is 0.664. The van der Waals surface area contributed by atoms with E-state index in [4.69, 9.17) is 33.3 Å². The number of pyridine rings is 2. The van der Waals surface area contributed by atoms with Crippen molar-refractivity contribution in [2.75, 3.05) is 11.9 Å². The molecule has 0 aliphatic rings. The lowest BCUT2D eigenvalue weighted by Gasteiger charge is -2.10. The van der Waals surface area contributed by atoms with Gasteiger partial charge in [-0.2, -0.15) is 0 Å². The number of carbonyl (C=O) groups excluding carboxylic acids is 1. The van der Waals surface area contributed by atoms with Crippen molar-refractivity contribution in [3.63, 3.8) is 0 Å². The van der Waals surface area contributed by atoms with Gasteiger partial charge in [0.15, 0.2) is 16.2 Å². The normalized spacial score (nSPS) is 10.7. The summed E-state index contributed by atoms with van der Waals surface area (Å²) in [6.45, 7) is 1.98. The third-order valence-corrected chi connectivity index (χ3v) is 4.03. The number of carbonyl (C=O) groups is 1. The van der Waals surface area contributed by atoms with Crippen LogP contribution in [0.1, 0.15) is 6.92 Å². The van der Waals surface area contributed by atoms with Crippen LogP contribution in [0.5, 0.6) is 11.5 Å². The Bertz CT molecular complexity index is 1000. The average Bonchev–Trinajstić information content (AvgIpc) is 2.86. The Morgan fingerprint density at radius 1 is 1.48 bits per heavy atom. The average molecular weight is 380 g/mol. The Kier molecular flexibility index (Phi) is 4.86. The molecule has 3 heterocycles. The molecule has 3 rings (SSSR count). The van der Waals surface area contributed by atoms with Gasteiger partial charge in [0.1, 0.15) is 22.1 Å². The highest BCUT2D eigenvalue weighted by molar-refractivity contribution is 7.71. The number of amides is 1. The number of rotatable bonds is 4. The van der Waals surface area contributed by atoms with Gasteiger partial charge in [-0.25, -0.2) is 14.8 Å². The van der Waals surface area contributed by atoms with Crippen LogP contribution < -0.4 is 10.1 Å². The summed E-state index contributed by atoms with van der Waals surface area (Å²) < 4.78 is 12.8. The third-order valence-electron chi connectivity index (χ3n) is 3.29. The SMILES string of the molecule is CCOC(=O)Nc1cc(Oc2cnc3[nH]c(=S)n(C)c3c2Cl)ccn1. The zero-order chi connectivity index (χ0) is 18.0. The van der Waals surface area contributed by atoms with Gasteiger partial charge in [0, 0.05) is 19.3 Å². The van der Waals surface area contributed by atoms with E-state index in [1.54, 1.807) is 30.7 Å². The van der Waals surface area contributed by atoms with Gasteiger partial charge in [-0.3, -0.25) is 5.32 Å². The second-order valence-corrected chi connectivity index (χ2v) is 5.71. The first-order valence-corrected chi connectivity index (χ1v) is 8.09. The van der Waals surface area contributed by atoms with Crippen LogP contribution in [-0.4, -0.2) is 32.2 Å². The number of H-pyrrole nitrogens is 1. The van der Waals surface area contributed by atoms with Crippen molar-refractivity contribution in [2.45, 2.75) is 6.92 Å². The third kappa shape index (κ3) is 3.57. The van der Waals surface area contributed by atoms with E-state index in [2.05, 4.69) is 20.3 Å². The van der Waals surface area contributed by atoms with E-state index in [0.717, 1.165) is 0 Å². The Morgan fingerprint density at radius 2 is 2.28 bits per heavy atom. The minimum Gasteiger partial charge on any atom is -0.454 e. The number of aryl methyl sites for hydroxylation is 1. The second kappa shape index (κ2) is 7.08. The topological polar surface area (TPSA) is 94.1 Å². The molecule has 0 aliphatic heterocycles. The maximum absolute atomic E-state index is 11.5. The molecule has 0 aliphatic carbocycles. The van der Waals surface area contributed by atoms with Crippen molar-refractivity contribution in [2.24, 2.45) is 7.05 Å². The van der Waals surface area contributed by atoms with Gasteiger partial charge in [-0.05, 0) is 25.2 Å². The van der Waals surface area contributed by atoms with Crippen molar-refractivity contribution >= 4 is 46.9 Å². The molecule has 0 bridgehead atoms. The molecule has 8 nitrogen and oxygen atoms in total. The zero-order valence-corrected chi connectivity index (χ0v) is 14.9. The number of nitrogens with one attached hydrogen (secondary N) is 2. The maximum atomic E-state index is 11.5. The smallest absolute Gasteiger partial charge is 0.412 e. The molecule has 0 saturated heterocycles. The molecular formula is C15H14ClN5O3S. The summed E-state index contributed by atoms with van der Waals surface area (Å²) in [5, 5.41) is 2.87. The van der Waals surface area contributed by atoms with Crippen molar-refractivity contribution in [3.8, 4) is 11.5 Å². The van der Waals surface area contributed by atoms with Crippen molar-refractivity contribution in [1.82, 2.24) is 19.5 Å². The summed E-state index contributed by atoms with van der Waals surface area (Å²) in [6, 6.07) is 3.18.